The minimum Gasteiger partial charge on any atom is -0.340 e. The van der Waals surface area contributed by atoms with E-state index >= 15 is 0 Å². The minimum atomic E-state index is -0.497. The Bertz CT molecular complexity index is 956. The number of rotatable bonds is 5. The average molecular weight is 360 g/mol. The lowest BCUT2D eigenvalue weighted by Gasteiger charge is -2.18. The molecule has 2 aromatic carbocycles. The molecule has 0 fully saturated rings. The van der Waals surface area contributed by atoms with Crippen LogP contribution in [-0.2, 0) is 17.9 Å². The van der Waals surface area contributed by atoms with Gasteiger partial charge in [0.1, 0.15) is 12.1 Å². The van der Waals surface area contributed by atoms with Gasteiger partial charge in [0.15, 0.2) is 0 Å². The molecule has 0 aliphatic rings. The standard InChI is InChI=1S/C16H14ClN5O3/c1-20(9-11-8-12(22(24)25)6-7-13(11)17)16(23)10-21-15-5-3-2-4-14(15)18-19-21/h2-8H,9-10H2,1H3. The largest absolute Gasteiger partial charge is 0.340 e. The average Bonchev–Trinajstić information content (AvgIpc) is 2.99. The van der Waals surface area contributed by atoms with Gasteiger partial charge < -0.3 is 4.90 Å². The van der Waals surface area contributed by atoms with Crippen molar-refractivity contribution >= 4 is 34.2 Å². The Morgan fingerprint density at radius 3 is 2.84 bits per heavy atom. The molecular formula is C16H14ClN5O3. The number of aromatic nitrogens is 3. The fraction of sp³-hybridized carbons (Fsp3) is 0.188. The van der Waals surface area contributed by atoms with Crippen molar-refractivity contribution in [1.82, 2.24) is 19.9 Å². The summed E-state index contributed by atoms with van der Waals surface area (Å²) in [6, 6.07) is 11.5. The molecule has 1 amide bonds. The Kier molecular flexibility index (Phi) is 4.62. The molecule has 9 heteroatoms. The zero-order chi connectivity index (χ0) is 18.0. The molecule has 0 unspecified atom stereocenters. The molecule has 3 aromatic rings. The highest BCUT2D eigenvalue weighted by atomic mass is 35.5. The molecule has 1 heterocycles. The van der Waals surface area contributed by atoms with Crippen LogP contribution < -0.4 is 0 Å². The normalized spacial score (nSPS) is 10.8. The lowest BCUT2D eigenvalue weighted by atomic mass is 10.2. The van der Waals surface area contributed by atoms with Gasteiger partial charge in [-0.15, -0.1) is 5.10 Å². The van der Waals surface area contributed by atoms with Crippen molar-refractivity contribution in [2.45, 2.75) is 13.1 Å². The van der Waals surface area contributed by atoms with Crippen LogP contribution in [0.15, 0.2) is 42.5 Å². The zero-order valence-corrected chi connectivity index (χ0v) is 14.1. The number of carbonyl (C=O) groups is 1. The van der Waals surface area contributed by atoms with Crippen LogP contribution in [0.3, 0.4) is 0 Å². The van der Waals surface area contributed by atoms with Crippen LogP contribution in [0.5, 0.6) is 0 Å². The monoisotopic (exact) mass is 359 g/mol. The van der Waals surface area contributed by atoms with Crippen LogP contribution in [-0.4, -0.2) is 37.8 Å². The van der Waals surface area contributed by atoms with E-state index in [0.717, 1.165) is 5.52 Å². The third-order valence-electron chi connectivity index (χ3n) is 3.78. The predicted molar refractivity (Wildman–Crippen MR) is 92.1 cm³/mol. The van der Waals surface area contributed by atoms with Crippen molar-refractivity contribution in [2.75, 3.05) is 7.05 Å². The van der Waals surface area contributed by atoms with Crippen molar-refractivity contribution in [1.29, 1.82) is 0 Å². The quantitative estimate of drug-likeness (QED) is 0.515. The molecule has 0 N–H and O–H groups in total. The Morgan fingerprint density at radius 1 is 1.32 bits per heavy atom. The molecule has 128 valence electrons. The minimum absolute atomic E-state index is 0.0174. The number of halogens is 1. The van der Waals surface area contributed by atoms with Gasteiger partial charge in [0, 0.05) is 30.7 Å². The SMILES string of the molecule is CN(Cc1cc([N+](=O)[O-])ccc1Cl)C(=O)Cn1nnc2ccccc21. The van der Waals surface area contributed by atoms with Gasteiger partial charge >= 0.3 is 0 Å². The topological polar surface area (TPSA) is 94.2 Å². The number of benzene rings is 2. The molecular weight excluding hydrogens is 346 g/mol. The first-order valence-electron chi connectivity index (χ1n) is 7.40. The Balaban J connectivity index is 1.75. The second-order valence-corrected chi connectivity index (χ2v) is 5.93. The van der Waals surface area contributed by atoms with Crippen LogP contribution in [0.4, 0.5) is 5.69 Å². The van der Waals surface area contributed by atoms with Crippen molar-refractivity contribution < 1.29 is 9.72 Å². The molecule has 0 atom stereocenters. The molecule has 0 saturated heterocycles. The number of nitrogens with zero attached hydrogens (tertiary/aromatic N) is 5. The number of fused-ring (bicyclic) bond motifs is 1. The first-order valence-corrected chi connectivity index (χ1v) is 7.78. The number of non-ortho nitro benzene ring substituents is 1. The Morgan fingerprint density at radius 2 is 2.08 bits per heavy atom. The summed E-state index contributed by atoms with van der Waals surface area (Å²) in [5.74, 6) is -0.210. The molecule has 3 rings (SSSR count). The van der Waals surface area contributed by atoms with Gasteiger partial charge in [0.2, 0.25) is 5.91 Å². The maximum absolute atomic E-state index is 12.4. The summed E-state index contributed by atoms with van der Waals surface area (Å²) in [5.41, 5.74) is 1.91. The number of nitro groups is 1. The van der Waals surface area contributed by atoms with Crippen molar-refractivity contribution in [3.05, 3.63) is 63.2 Å². The smallest absolute Gasteiger partial charge is 0.269 e. The third-order valence-corrected chi connectivity index (χ3v) is 4.15. The van der Waals surface area contributed by atoms with Crippen molar-refractivity contribution in [3.8, 4) is 0 Å². The van der Waals surface area contributed by atoms with E-state index in [9.17, 15) is 14.9 Å². The van der Waals surface area contributed by atoms with Gasteiger partial charge in [-0.05, 0) is 23.8 Å². The van der Waals surface area contributed by atoms with Gasteiger partial charge in [0.25, 0.3) is 5.69 Å². The van der Waals surface area contributed by atoms with E-state index < -0.39 is 4.92 Å². The molecule has 25 heavy (non-hydrogen) atoms. The number of amides is 1. The van der Waals surface area contributed by atoms with Crippen LogP contribution in [0.2, 0.25) is 5.02 Å². The maximum atomic E-state index is 12.4. The van der Waals surface area contributed by atoms with E-state index in [-0.39, 0.29) is 24.7 Å². The van der Waals surface area contributed by atoms with Crippen LogP contribution in [0.25, 0.3) is 11.0 Å². The number of para-hydroxylation sites is 1. The van der Waals surface area contributed by atoms with E-state index in [1.54, 1.807) is 7.05 Å². The van der Waals surface area contributed by atoms with Gasteiger partial charge in [-0.2, -0.15) is 0 Å². The predicted octanol–water partition coefficient (Wildman–Crippen LogP) is 2.65. The van der Waals surface area contributed by atoms with Gasteiger partial charge in [0.05, 0.1) is 10.4 Å². The molecule has 0 spiro atoms. The summed E-state index contributed by atoms with van der Waals surface area (Å²) < 4.78 is 1.52. The van der Waals surface area contributed by atoms with E-state index in [1.807, 2.05) is 24.3 Å². The van der Waals surface area contributed by atoms with Crippen LogP contribution in [0, 0.1) is 10.1 Å². The fourth-order valence-corrected chi connectivity index (χ4v) is 2.60. The first-order chi connectivity index (χ1) is 12.0. The highest BCUT2D eigenvalue weighted by molar-refractivity contribution is 6.31. The second kappa shape index (κ2) is 6.86. The number of hydrogen-bond donors (Lipinski definition) is 0. The van der Waals surface area contributed by atoms with Gasteiger partial charge in [-0.25, -0.2) is 4.68 Å². The molecule has 0 saturated carbocycles. The molecule has 0 aliphatic heterocycles. The zero-order valence-electron chi connectivity index (χ0n) is 13.3. The van der Waals surface area contributed by atoms with E-state index in [0.29, 0.717) is 16.1 Å². The van der Waals surface area contributed by atoms with Gasteiger partial charge in [-0.3, -0.25) is 14.9 Å². The molecule has 1 aromatic heterocycles. The number of carbonyl (C=O) groups excluding carboxylic acids is 1. The number of likely N-dealkylation sites (N-methyl/N-ethyl adjacent to an activating group) is 1. The number of nitro benzene ring substituents is 1. The molecule has 0 aliphatic carbocycles. The lowest BCUT2D eigenvalue weighted by Crippen LogP contribution is -2.30. The summed E-state index contributed by atoms with van der Waals surface area (Å²) in [6.45, 7) is 0.176. The molecule has 0 radical (unpaired) electrons. The Hall–Kier alpha value is -3.00. The van der Waals surface area contributed by atoms with E-state index in [1.165, 1.54) is 27.8 Å². The Labute approximate surface area is 147 Å². The van der Waals surface area contributed by atoms with Crippen molar-refractivity contribution in [3.63, 3.8) is 0 Å². The summed E-state index contributed by atoms with van der Waals surface area (Å²) in [5, 5.41) is 19.2. The molecule has 8 nitrogen and oxygen atoms in total. The highest BCUT2D eigenvalue weighted by Gasteiger charge is 2.16. The molecule has 0 bridgehead atoms. The lowest BCUT2D eigenvalue weighted by molar-refractivity contribution is -0.384. The van der Waals surface area contributed by atoms with Crippen LogP contribution >= 0.6 is 11.6 Å². The maximum Gasteiger partial charge on any atom is 0.269 e. The van der Waals surface area contributed by atoms with Gasteiger partial charge in [-0.1, -0.05) is 28.9 Å². The fourth-order valence-electron chi connectivity index (χ4n) is 2.42. The highest BCUT2D eigenvalue weighted by Crippen LogP contribution is 2.23. The van der Waals surface area contributed by atoms with E-state index in [4.69, 9.17) is 11.6 Å². The third kappa shape index (κ3) is 3.58. The van der Waals surface area contributed by atoms with Crippen molar-refractivity contribution in [2.24, 2.45) is 0 Å². The second-order valence-electron chi connectivity index (χ2n) is 5.52. The summed E-state index contributed by atoms with van der Waals surface area (Å²) >= 11 is 6.08. The number of hydrogen-bond acceptors (Lipinski definition) is 5. The summed E-state index contributed by atoms with van der Waals surface area (Å²) in [7, 11) is 1.61. The summed E-state index contributed by atoms with van der Waals surface area (Å²) in [4.78, 5) is 24.3. The van der Waals surface area contributed by atoms with Crippen LogP contribution in [0.1, 0.15) is 5.56 Å². The van der Waals surface area contributed by atoms with E-state index in [2.05, 4.69) is 10.3 Å². The summed E-state index contributed by atoms with van der Waals surface area (Å²) in [6.07, 6.45) is 0. The first kappa shape index (κ1) is 16.8.